The van der Waals surface area contributed by atoms with Crippen molar-refractivity contribution in [3.63, 3.8) is 0 Å². The van der Waals surface area contributed by atoms with Gasteiger partial charge in [0, 0.05) is 55.2 Å². The highest BCUT2D eigenvalue weighted by Crippen LogP contribution is 2.43. The molecule has 0 aliphatic rings. The molecule has 0 atom stereocenters. The molecule has 4 aromatic heterocycles. The second-order valence-corrected chi connectivity index (χ2v) is 17.3. The number of benzene rings is 9. The van der Waals surface area contributed by atoms with Crippen molar-refractivity contribution >= 4 is 65.2 Å². The maximum Gasteiger partial charge on any atom is 0.164 e. The Morgan fingerprint density at radius 2 is 0.769 bits per heavy atom. The summed E-state index contributed by atoms with van der Waals surface area (Å²) in [5, 5.41) is 5.86. The molecule has 0 saturated carbocycles. The van der Waals surface area contributed by atoms with Crippen LogP contribution in [0.15, 0.2) is 218 Å². The highest BCUT2D eigenvalue weighted by atomic mass is 32.1. The number of thiazole rings is 1. The first-order chi connectivity index (χ1) is 32.2. The number of rotatable bonds is 7. The van der Waals surface area contributed by atoms with Crippen LogP contribution in [0.25, 0.3) is 121 Å². The van der Waals surface area contributed by atoms with Crippen molar-refractivity contribution in [1.82, 2.24) is 29.1 Å². The Hall–Kier alpha value is -8.52. The van der Waals surface area contributed by atoms with E-state index in [0.717, 1.165) is 55.2 Å². The summed E-state index contributed by atoms with van der Waals surface area (Å²) >= 11 is 1.76. The Labute approximate surface area is 378 Å². The Balaban J connectivity index is 0.921. The van der Waals surface area contributed by atoms with Crippen molar-refractivity contribution < 1.29 is 0 Å². The van der Waals surface area contributed by atoms with Gasteiger partial charge in [-0.3, -0.25) is 0 Å². The minimum Gasteiger partial charge on any atom is -0.309 e. The quantitative estimate of drug-likeness (QED) is 0.160. The topological polar surface area (TPSA) is 61.4 Å². The lowest BCUT2D eigenvalue weighted by Gasteiger charge is -2.11. The SMILES string of the molecule is c1ccc(-c2nc(-c3ccccc3)nc(-c3ccc(-n4c5ccccc5c5cc(-c6ccc7c(c6)c6ccc8nc(-c9ccccc9)sc8c6n7-c6ccccc6)ccc54)cc3)n2)cc1. The summed E-state index contributed by atoms with van der Waals surface area (Å²) in [6.07, 6.45) is 0. The Bertz CT molecular complexity index is 3860. The van der Waals surface area contributed by atoms with Crippen molar-refractivity contribution in [1.29, 1.82) is 0 Å². The molecule has 0 aliphatic heterocycles. The van der Waals surface area contributed by atoms with Crippen molar-refractivity contribution in [3.05, 3.63) is 218 Å². The fraction of sp³-hybridized carbons (Fsp3) is 0. The van der Waals surface area contributed by atoms with Crippen LogP contribution < -0.4 is 0 Å². The number of fused-ring (bicyclic) bond motifs is 8. The molecule has 9 aromatic carbocycles. The van der Waals surface area contributed by atoms with Gasteiger partial charge in [0.1, 0.15) is 5.01 Å². The van der Waals surface area contributed by atoms with Crippen molar-refractivity contribution in [2.75, 3.05) is 0 Å². The minimum atomic E-state index is 0.633. The highest BCUT2D eigenvalue weighted by Gasteiger charge is 2.20. The van der Waals surface area contributed by atoms with Crippen molar-refractivity contribution in [2.45, 2.75) is 0 Å². The zero-order valence-electron chi connectivity index (χ0n) is 34.9. The maximum atomic E-state index is 5.12. The molecule has 304 valence electrons. The molecule has 4 heterocycles. The van der Waals surface area contributed by atoms with E-state index in [0.29, 0.717) is 17.5 Å². The molecule has 0 amide bonds. The molecule has 0 saturated heterocycles. The van der Waals surface area contributed by atoms with E-state index in [4.69, 9.17) is 19.9 Å². The normalized spacial score (nSPS) is 11.7. The smallest absolute Gasteiger partial charge is 0.164 e. The fourth-order valence-electron chi connectivity index (χ4n) is 9.34. The van der Waals surface area contributed by atoms with Crippen LogP contribution in [0.3, 0.4) is 0 Å². The van der Waals surface area contributed by atoms with Gasteiger partial charge < -0.3 is 9.13 Å². The van der Waals surface area contributed by atoms with Gasteiger partial charge in [-0.05, 0) is 90.0 Å². The minimum absolute atomic E-state index is 0.633. The molecule has 0 unspecified atom stereocenters. The van der Waals surface area contributed by atoms with E-state index in [1.165, 1.54) is 48.4 Å². The van der Waals surface area contributed by atoms with E-state index in [1.54, 1.807) is 11.3 Å². The summed E-state index contributed by atoms with van der Waals surface area (Å²) in [6, 6.07) is 76.9. The van der Waals surface area contributed by atoms with Crippen LogP contribution in [0.4, 0.5) is 0 Å². The predicted octanol–water partition coefficient (Wildman–Crippen LogP) is 15.0. The lowest BCUT2D eigenvalue weighted by Crippen LogP contribution is -2.00. The molecule has 13 aromatic rings. The molecular weight excluding hydrogens is 813 g/mol. The van der Waals surface area contributed by atoms with E-state index in [9.17, 15) is 0 Å². The standard InChI is InChI=1S/C58H36N6S/c1-5-15-37(16-6-1)55-60-56(38-17-7-2-8-18-38)62-57(61-55)39-25-29-44(30-26-39)63-50-24-14-13-23-45(50)47-35-41(27-33-51(47)63)42-28-34-52-48(36-42)46-31-32-49-54(53(46)64(52)43-21-11-4-12-22-43)65-58(59-49)40-19-9-3-10-20-40/h1-36H. The average molecular weight is 849 g/mol. The van der Waals surface area contributed by atoms with E-state index in [-0.39, 0.29) is 0 Å². The third-order valence-corrected chi connectivity index (χ3v) is 13.5. The van der Waals surface area contributed by atoms with Crippen LogP contribution in [-0.2, 0) is 0 Å². The van der Waals surface area contributed by atoms with E-state index in [2.05, 4.69) is 167 Å². The van der Waals surface area contributed by atoms with Crippen LogP contribution in [0.5, 0.6) is 0 Å². The summed E-state index contributed by atoms with van der Waals surface area (Å²) in [7, 11) is 0. The molecule has 13 rings (SSSR count). The van der Waals surface area contributed by atoms with Crippen LogP contribution >= 0.6 is 11.3 Å². The summed E-state index contributed by atoms with van der Waals surface area (Å²) in [4.78, 5) is 20.0. The summed E-state index contributed by atoms with van der Waals surface area (Å²) in [5.41, 5.74) is 14.1. The van der Waals surface area contributed by atoms with Gasteiger partial charge in [0.05, 0.1) is 32.3 Å². The zero-order chi connectivity index (χ0) is 42.8. The molecule has 7 heteroatoms. The van der Waals surface area contributed by atoms with Gasteiger partial charge in [0.25, 0.3) is 0 Å². The van der Waals surface area contributed by atoms with Crippen LogP contribution in [-0.4, -0.2) is 29.1 Å². The van der Waals surface area contributed by atoms with Gasteiger partial charge in [-0.25, -0.2) is 19.9 Å². The predicted molar refractivity (Wildman–Crippen MR) is 269 cm³/mol. The number of nitrogens with zero attached hydrogens (tertiary/aromatic N) is 6. The van der Waals surface area contributed by atoms with Crippen LogP contribution in [0, 0.1) is 0 Å². The summed E-state index contributed by atoms with van der Waals surface area (Å²) in [5.74, 6) is 1.92. The molecule has 0 fully saturated rings. The van der Waals surface area contributed by atoms with Gasteiger partial charge in [-0.15, -0.1) is 11.3 Å². The second-order valence-electron chi connectivity index (χ2n) is 16.3. The van der Waals surface area contributed by atoms with Crippen molar-refractivity contribution in [3.8, 4) is 67.2 Å². The fourth-order valence-corrected chi connectivity index (χ4v) is 10.4. The van der Waals surface area contributed by atoms with E-state index < -0.39 is 0 Å². The molecule has 65 heavy (non-hydrogen) atoms. The highest BCUT2D eigenvalue weighted by molar-refractivity contribution is 7.22. The van der Waals surface area contributed by atoms with Gasteiger partial charge in [0.15, 0.2) is 17.5 Å². The first kappa shape index (κ1) is 37.1. The molecule has 0 bridgehead atoms. The number of hydrogen-bond acceptors (Lipinski definition) is 5. The largest absolute Gasteiger partial charge is 0.309 e. The molecule has 0 aliphatic carbocycles. The van der Waals surface area contributed by atoms with E-state index >= 15 is 0 Å². The molecular formula is C58H36N6S. The number of hydrogen-bond donors (Lipinski definition) is 0. The van der Waals surface area contributed by atoms with Gasteiger partial charge in [0.2, 0.25) is 0 Å². The van der Waals surface area contributed by atoms with Crippen LogP contribution in [0.2, 0.25) is 0 Å². The molecule has 0 N–H and O–H groups in total. The van der Waals surface area contributed by atoms with Gasteiger partial charge in [-0.1, -0.05) is 140 Å². The molecule has 6 nitrogen and oxygen atoms in total. The Morgan fingerprint density at radius 3 is 1.38 bits per heavy atom. The van der Waals surface area contributed by atoms with Gasteiger partial charge in [-0.2, -0.15) is 0 Å². The van der Waals surface area contributed by atoms with Crippen LogP contribution in [0.1, 0.15) is 0 Å². The Kier molecular flexibility index (Phi) is 8.60. The Morgan fingerprint density at radius 1 is 0.308 bits per heavy atom. The molecule has 0 radical (unpaired) electrons. The monoisotopic (exact) mass is 848 g/mol. The third-order valence-electron chi connectivity index (χ3n) is 12.4. The average Bonchev–Trinajstić information content (AvgIpc) is 4.07. The first-order valence-corrected chi connectivity index (χ1v) is 22.5. The maximum absolute atomic E-state index is 5.12. The summed E-state index contributed by atoms with van der Waals surface area (Å²) < 4.78 is 5.96. The first-order valence-electron chi connectivity index (χ1n) is 21.7. The van der Waals surface area contributed by atoms with E-state index in [1.807, 2.05) is 60.7 Å². The second kappa shape index (κ2) is 15.1. The lowest BCUT2D eigenvalue weighted by atomic mass is 10.0. The lowest BCUT2D eigenvalue weighted by molar-refractivity contribution is 1.07. The number of para-hydroxylation sites is 2. The number of aromatic nitrogens is 6. The van der Waals surface area contributed by atoms with Gasteiger partial charge >= 0.3 is 0 Å². The van der Waals surface area contributed by atoms with Crippen molar-refractivity contribution in [2.24, 2.45) is 0 Å². The summed E-state index contributed by atoms with van der Waals surface area (Å²) in [6.45, 7) is 0. The molecule has 0 spiro atoms. The zero-order valence-corrected chi connectivity index (χ0v) is 35.7. The third kappa shape index (κ3) is 6.24.